The highest BCUT2D eigenvalue weighted by Crippen LogP contribution is 2.24. The molecule has 2 aromatic rings. The molecule has 0 aliphatic rings. The van der Waals surface area contributed by atoms with Crippen LogP contribution in [0.15, 0.2) is 48.5 Å². The van der Waals surface area contributed by atoms with E-state index in [2.05, 4.69) is 0 Å². The van der Waals surface area contributed by atoms with Crippen LogP contribution in [0.2, 0.25) is 5.02 Å². The Morgan fingerprint density at radius 2 is 1.84 bits per heavy atom. The first-order valence-corrected chi connectivity index (χ1v) is 6.17. The predicted molar refractivity (Wildman–Crippen MR) is 73.6 cm³/mol. The van der Waals surface area contributed by atoms with Crippen LogP contribution in [0, 0.1) is 0 Å². The normalized spacial score (nSPS) is 10.2. The lowest BCUT2D eigenvalue weighted by atomic mass is 10.2. The van der Waals surface area contributed by atoms with Crippen LogP contribution in [0.4, 0.5) is 0 Å². The van der Waals surface area contributed by atoms with Crippen molar-refractivity contribution in [2.75, 3.05) is 6.79 Å². The Hall–Kier alpha value is -1.84. The summed E-state index contributed by atoms with van der Waals surface area (Å²) in [7, 11) is 0. The van der Waals surface area contributed by atoms with Crippen molar-refractivity contribution >= 4 is 17.9 Å². The zero-order valence-corrected chi connectivity index (χ0v) is 11.0. The number of hydrogen-bond donors (Lipinski definition) is 0. The lowest BCUT2D eigenvalue weighted by Gasteiger charge is -2.09. The highest BCUT2D eigenvalue weighted by Gasteiger charge is 2.06. The molecule has 0 atom stereocenters. The van der Waals surface area contributed by atoms with Crippen LogP contribution >= 0.6 is 11.6 Å². The number of carbonyl (C=O) groups excluding carboxylic acids is 1. The van der Waals surface area contributed by atoms with Crippen LogP contribution < -0.4 is 4.74 Å². The molecule has 0 bridgehead atoms. The Kier molecular flexibility index (Phi) is 4.95. The van der Waals surface area contributed by atoms with Crippen LogP contribution in [0.5, 0.6) is 5.75 Å². The first kappa shape index (κ1) is 13.6. The monoisotopic (exact) mass is 276 g/mol. The Morgan fingerprint density at radius 1 is 1.05 bits per heavy atom. The molecule has 0 heterocycles. The average Bonchev–Trinajstić information content (AvgIpc) is 2.45. The molecule has 0 aliphatic heterocycles. The number of rotatable bonds is 6. The van der Waals surface area contributed by atoms with Crippen LogP contribution in [-0.4, -0.2) is 13.1 Å². The number of ether oxygens (including phenoxy) is 2. The van der Waals surface area contributed by atoms with Crippen molar-refractivity contribution < 1.29 is 14.3 Å². The molecule has 98 valence electrons. The highest BCUT2D eigenvalue weighted by atomic mass is 35.5. The fraction of sp³-hybridized carbons (Fsp3) is 0.133. The predicted octanol–water partition coefficient (Wildman–Crippen LogP) is 3.71. The smallest absolute Gasteiger partial charge is 0.189 e. The average molecular weight is 277 g/mol. The summed E-state index contributed by atoms with van der Waals surface area (Å²) in [5.74, 6) is 0.426. The summed E-state index contributed by atoms with van der Waals surface area (Å²) in [6, 6.07) is 14.8. The molecule has 0 saturated heterocycles. The van der Waals surface area contributed by atoms with Crippen molar-refractivity contribution in [2.45, 2.75) is 6.61 Å². The van der Waals surface area contributed by atoms with Gasteiger partial charge in [0.2, 0.25) is 0 Å². The number of hydrogen-bond acceptors (Lipinski definition) is 3. The Balaban J connectivity index is 1.86. The minimum Gasteiger partial charge on any atom is -0.467 e. The van der Waals surface area contributed by atoms with Gasteiger partial charge in [0, 0.05) is 0 Å². The van der Waals surface area contributed by atoms with Crippen LogP contribution in [0.3, 0.4) is 0 Å². The third-order valence-electron chi connectivity index (χ3n) is 2.54. The number of aldehydes is 1. The first-order valence-electron chi connectivity index (χ1n) is 5.79. The molecule has 4 heteroatoms. The molecule has 0 aliphatic carbocycles. The van der Waals surface area contributed by atoms with E-state index in [9.17, 15) is 4.79 Å². The van der Waals surface area contributed by atoms with Crippen molar-refractivity contribution in [2.24, 2.45) is 0 Å². The SMILES string of the molecule is O=Cc1c(Cl)cccc1OCOCc1ccccc1. The van der Waals surface area contributed by atoms with Gasteiger partial charge in [-0.25, -0.2) is 0 Å². The van der Waals surface area contributed by atoms with Gasteiger partial charge in [-0.15, -0.1) is 0 Å². The second kappa shape index (κ2) is 6.92. The van der Waals surface area contributed by atoms with E-state index < -0.39 is 0 Å². The van der Waals surface area contributed by atoms with Gasteiger partial charge in [-0.2, -0.15) is 0 Å². The Morgan fingerprint density at radius 3 is 2.58 bits per heavy atom. The minimum atomic E-state index is 0.0656. The summed E-state index contributed by atoms with van der Waals surface area (Å²) < 4.78 is 10.8. The van der Waals surface area contributed by atoms with Crippen LogP contribution in [0.1, 0.15) is 15.9 Å². The van der Waals surface area contributed by atoms with E-state index in [4.69, 9.17) is 21.1 Å². The van der Waals surface area contributed by atoms with Gasteiger partial charge in [0.15, 0.2) is 13.1 Å². The third-order valence-corrected chi connectivity index (χ3v) is 2.87. The van der Waals surface area contributed by atoms with Gasteiger partial charge in [0.1, 0.15) is 5.75 Å². The largest absolute Gasteiger partial charge is 0.467 e. The molecule has 19 heavy (non-hydrogen) atoms. The maximum absolute atomic E-state index is 10.9. The highest BCUT2D eigenvalue weighted by molar-refractivity contribution is 6.33. The molecule has 0 radical (unpaired) electrons. The van der Waals surface area contributed by atoms with Crippen LogP contribution in [0.25, 0.3) is 0 Å². The molecular formula is C15H13ClO3. The summed E-state index contributed by atoms with van der Waals surface area (Å²) >= 11 is 5.89. The number of halogens is 1. The Bertz CT molecular complexity index is 540. The van der Waals surface area contributed by atoms with Crippen molar-refractivity contribution in [3.05, 3.63) is 64.7 Å². The van der Waals surface area contributed by atoms with Gasteiger partial charge < -0.3 is 9.47 Å². The molecule has 2 aromatic carbocycles. The summed E-state index contributed by atoms with van der Waals surface area (Å²) in [5.41, 5.74) is 1.40. The van der Waals surface area contributed by atoms with Gasteiger partial charge in [-0.3, -0.25) is 4.79 Å². The zero-order valence-electron chi connectivity index (χ0n) is 10.2. The Labute approximate surface area is 116 Å². The molecule has 3 nitrogen and oxygen atoms in total. The molecule has 0 unspecified atom stereocenters. The van der Waals surface area contributed by atoms with Gasteiger partial charge in [-0.05, 0) is 17.7 Å². The quantitative estimate of drug-likeness (QED) is 0.458. The fourth-order valence-electron chi connectivity index (χ4n) is 1.60. The van der Waals surface area contributed by atoms with E-state index in [1.54, 1.807) is 18.2 Å². The van der Waals surface area contributed by atoms with E-state index in [-0.39, 0.29) is 6.79 Å². The maximum Gasteiger partial charge on any atom is 0.189 e. The summed E-state index contributed by atoms with van der Waals surface area (Å²) in [4.78, 5) is 10.9. The summed E-state index contributed by atoms with van der Waals surface area (Å²) in [6.07, 6.45) is 0.675. The van der Waals surface area contributed by atoms with Gasteiger partial charge in [-0.1, -0.05) is 48.0 Å². The van der Waals surface area contributed by atoms with E-state index in [0.717, 1.165) is 5.56 Å². The minimum absolute atomic E-state index is 0.0656. The molecule has 0 aromatic heterocycles. The second-order valence-electron chi connectivity index (χ2n) is 3.87. The second-order valence-corrected chi connectivity index (χ2v) is 4.27. The molecule has 0 spiro atoms. The summed E-state index contributed by atoms with van der Waals surface area (Å²) in [6.45, 7) is 0.522. The topological polar surface area (TPSA) is 35.5 Å². The third kappa shape index (κ3) is 3.81. The van der Waals surface area contributed by atoms with Crippen molar-refractivity contribution in [3.63, 3.8) is 0 Å². The van der Waals surface area contributed by atoms with E-state index >= 15 is 0 Å². The molecule has 2 rings (SSSR count). The van der Waals surface area contributed by atoms with Crippen molar-refractivity contribution in [1.29, 1.82) is 0 Å². The molecular weight excluding hydrogens is 264 g/mol. The summed E-state index contributed by atoms with van der Waals surface area (Å²) in [5, 5.41) is 0.371. The van der Waals surface area contributed by atoms with Gasteiger partial charge in [0.05, 0.1) is 17.2 Å². The zero-order chi connectivity index (χ0) is 13.5. The maximum atomic E-state index is 10.9. The molecule has 0 saturated carbocycles. The number of carbonyl (C=O) groups is 1. The lowest BCUT2D eigenvalue weighted by Crippen LogP contribution is -2.04. The van der Waals surface area contributed by atoms with Gasteiger partial charge in [0.25, 0.3) is 0 Å². The van der Waals surface area contributed by atoms with Crippen molar-refractivity contribution in [3.8, 4) is 5.75 Å². The molecule has 0 N–H and O–H groups in total. The van der Waals surface area contributed by atoms with Crippen LogP contribution in [-0.2, 0) is 11.3 Å². The van der Waals surface area contributed by atoms with E-state index in [1.807, 2.05) is 30.3 Å². The lowest BCUT2D eigenvalue weighted by molar-refractivity contribution is 0.00478. The first-order chi connectivity index (χ1) is 9.31. The van der Waals surface area contributed by atoms with Crippen molar-refractivity contribution in [1.82, 2.24) is 0 Å². The van der Waals surface area contributed by atoms with E-state index in [1.165, 1.54) is 0 Å². The standard InChI is InChI=1S/C15H13ClO3/c16-14-7-4-8-15(13(14)9-17)19-11-18-10-12-5-2-1-3-6-12/h1-9H,10-11H2. The molecule has 0 fully saturated rings. The van der Waals surface area contributed by atoms with E-state index in [0.29, 0.717) is 29.2 Å². The fourth-order valence-corrected chi connectivity index (χ4v) is 1.81. The molecule has 0 amide bonds. The number of benzene rings is 2. The van der Waals surface area contributed by atoms with Gasteiger partial charge >= 0.3 is 0 Å².